The van der Waals surface area contributed by atoms with E-state index in [2.05, 4.69) is 15.8 Å². The molecule has 3 rings (SSSR count). The molecule has 0 aliphatic heterocycles. The zero-order valence-electron chi connectivity index (χ0n) is 18.9. The van der Waals surface area contributed by atoms with E-state index in [1.165, 1.54) is 25.6 Å². The number of ether oxygens (including phenoxy) is 3. The molecule has 0 saturated heterocycles. The molecule has 180 valence electrons. The summed E-state index contributed by atoms with van der Waals surface area (Å²) in [5.74, 6) is -2.51. The fourth-order valence-electron chi connectivity index (χ4n) is 3.38. The second-order valence-electron chi connectivity index (χ2n) is 7.27. The number of esters is 1. The van der Waals surface area contributed by atoms with Crippen LogP contribution in [0.4, 0.5) is 5.00 Å². The van der Waals surface area contributed by atoms with Crippen molar-refractivity contribution in [2.45, 2.75) is 26.2 Å². The molecule has 2 aromatic rings. The van der Waals surface area contributed by atoms with Crippen molar-refractivity contribution in [3.63, 3.8) is 0 Å². The van der Waals surface area contributed by atoms with Gasteiger partial charge in [-0.3, -0.25) is 14.4 Å². The van der Waals surface area contributed by atoms with E-state index in [1.54, 1.807) is 25.1 Å². The van der Waals surface area contributed by atoms with Crippen LogP contribution in [0.15, 0.2) is 23.3 Å². The Labute approximate surface area is 199 Å². The van der Waals surface area contributed by atoms with Crippen LogP contribution in [0.25, 0.3) is 0 Å². The van der Waals surface area contributed by atoms with Gasteiger partial charge in [0.05, 0.1) is 25.5 Å². The largest absolute Gasteiger partial charge is 0.493 e. The number of methoxy groups -OCH3 is 2. The van der Waals surface area contributed by atoms with E-state index in [-0.39, 0.29) is 11.6 Å². The number of carbonyl (C=O) groups excluding carboxylic acids is 4. The number of anilines is 1. The topological polar surface area (TPSA) is 158 Å². The number of benzene rings is 1. The lowest BCUT2D eigenvalue weighted by atomic mass is 10.1. The minimum atomic E-state index is -1.00. The smallest absolute Gasteiger partial charge is 0.341 e. The summed E-state index contributed by atoms with van der Waals surface area (Å²) in [4.78, 5) is 48.8. The van der Waals surface area contributed by atoms with E-state index in [4.69, 9.17) is 19.9 Å². The Morgan fingerprint density at radius 2 is 1.88 bits per heavy atom. The van der Waals surface area contributed by atoms with E-state index in [0.29, 0.717) is 28.3 Å². The van der Waals surface area contributed by atoms with Gasteiger partial charge >= 0.3 is 17.8 Å². The van der Waals surface area contributed by atoms with Crippen molar-refractivity contribution >= 4 is 45.7 Å². The van der Waals surface area contributed by atoms with Crippen LogP contribution < -0.4 is 25.9 Å². The van der Waals surface area contributed by atoms with Gasteiger partial charge in [-0.25, -0.2) is 10.2 Å². The summed E-state index contributed by atoms with van der Waals surface area (Å²) in [5, 5.41) is 6.73. The molecule has 0 unspecified atom stereocenters. The number of aryl methyl sites for hydroxylation is 1. The third kappa shape index (κ3) is 5.52. The van der Waals surface area contributed by atoms with Gasteiger partial charge in [0, 0.05) is 10.4 Å². The van der Waals surface area contributed by atoms with Crippen molar-refractivity contribution in [2.75, 3.05) is 26.1 Å². The van der Waals surface area contributed by atoms with E-state index in [0.717, 1.165) is 29.7 Å². The van der Waals surface area contributed by atoms with Gasteiger partial charge in [0.2, 0.25) is 0 Å². The molecule has 3 amide bonds. The number of hydrazone groups is 1. The Morgan fingerprint density at radius 3 is 2.56 bits per heavy atom. The first kappa shape index (κ1) is 24.7. The van der Waals surface area contributed by atoms with Crippen molar-refractivity contribution in [1.29, 1.82) is 0 Å². The Kier molecular flexibility index (Phi) is 7.84. The molecule has 0 radical (unpaired) electrons. The first-order valence-electron chi connectivity index (χ1n) is 10.2. The number of nitrogens with zero attached hydrogens (tertiary/aromatic N) is 1. The highest BCUT2D eigenvalue weighted by Crippen LogP contribution is 2.39. The second-order valence-corrected chi connectivity index (χ2v) is 8.37. The van der Waals surface area contributed by atoms with Crippen LogP contribution in [0.5, 0.6) is 11.5 Å². The zero-order valence-corrected chi connectivity index (χ0v) is 19.7. The third-order valence-corrected chi connectivity index (χ3v) is 6.23. The molecule has 1 aromatic heterocycles. The predicted molar refractivity (Wildman–Crippen MR) is 124 cm³/mol. The first-order valence-corrected chi connectivity index (χ1v) is 11.0. The monoisotopic (exact) mass is 488 g/mol. The average molecular weight is 489 g/mol. The number of rotatable bonds is 8. The predicted octanol–water partition coefficient (Wildman–Crippen LogP) is 1.37. The van der Waals surface area contributed by atoms with E-state index >= 15 is 0 Å². The number of nitrogens with two attached hydrogens (primary N) is 1. The summed E-state index contributed by atoms with van der Waals surface area (Å²) < 4.78 is 15.4. The molecule has 4 N–H and O–H groups in total. The van der Waals surface area contributed by atoms with Gasteiger partial charge in [-0.2, -0.15) is 5.10 Å². The van der Waals surface area contributed by atoms with E-state index in [1.807, 2.05) is 0 Å². The minimum absolute atomic E-state index is 0.286. The summed E-state index contributed by atoms with van der Waals surface area (Å²) in [6.07, 6.45) is 2.46. The van der Waals surface area contributed by atoms with Gasteiger partial charge in [0.25, 0.3) is 5.91 Å². The Bertz CT molecular complexity index is 1170. The lowest BCUT2D eigenvalue weighted by Gasteiger charge is -2.11. The SMILES string of the molecule is COC(=O)c1c(NC(=O)C(=O)N/N=C(\C)c2ccc(OCC(N)=O)c(OC)c2)sc2c1CCC2. The molecule has 0 atom stereocenters. The van der Waals surface area contributed by atoms with Gasteiger partial charge in [-0.05, 0) is 49.9 Å². The maximum atomic E-state index is 12.4. The molecule has 1 aliphatic rings. The van der Waals surface area contributed by atoms with Crippen molar-refractivity contribution in [1.82, 2.24) is 5.43 Å². The number of primary amides is 1. The zero-order chi connectivity index (χ0) is 24.8. The van der Waals surface area contributed by atoms with Crippen LogP contribution in [0.2, 0.25) is 0 Å². The molecular weight excluding hydrogens is 464 g/mol. The van der Waals surface area contributed by atoms with E-state index in [9.17, 15) is 19.2 Å². The molecule has 11 nitrogen and oxygen atoms in total. The number of fused-ring (bicyclic) bond motifs is 1. The highest BCUT2D eigenvalue weighted by Gasteiger charge is 2.29. The van der Waals surface area contributed by atoms with Crippen molar-refractivity contribution in [2.24, 2.45) is 10.8 Å². The van der Waals surface area contributed by atoms with Crippen molar-refractivity contribution in [3.8, 4) is 11.5 Å². The Morgan fingerprint density at radius 1 is 1.12 bits per heavy atom. The summed E-state index contributed by atoms with van der Waals surface area (Å²) >= 11 is 1.27. The lowest BCUT2D eigenvalue weighted by molar-refractivity contribution is -0.136. The quantitative estimate of drug-likeness (QED) is 0.219. The summed E-state index contributed by atoms with van der Waals surface area (Å²) in [5.41, 5.74) is 9.39. The minimum Gasteiger partial charge on any atom is -0.493 e. The molecular formula is C22H24N4O7S. The second kappa shape index (κ2) is 10.8. The molecule has 0 fully saturated rings. The lowest BCUT2D eigenvalue weighted by Crippen LogP contribution is -2.33. The van der Waals surface area contributed by atoms with Crippen LogP contribution in [-0.2, 0) is 32.0 Å². The maximum Gasteiger partial charge on any atom is 0.341 e. The molecule has 1 aliphatic carbocycles. The Hall–Kier alpha value is -3.93. The van der Waals surface area contributed by atoms with E-state index < -0.39 is 23.7 Å². The standard InChI is InChI=1S/C22H24N4O7S/c1-11(12-7-8-14(15(9-12)31-2)33-10-17(23)27)25-26-20(29)19(28)24-21-18(22(30)32-3)13-5-4-6-16(13)34-21/h7-9H,4-6,10H2,1-3H3,(H2,23,27)(H,24,28)(H,26,29)/b25-11+. The number of hydrogen-bond donors (Lipinski definition) is 3. The molecule has 12 heteroatoms. The van der Waals surface area contributed by atoms with Gasteiger partial charge in [0.15, 0.2) is 18.1 Å². The van der Waals surface area contributed by atoms with Crippen LogP contribution in [0.3, 0.4) is 0 Å². The van der Waals surface area contributed by atoms with Crippen LogP contribution in [-0.4, -0.2) is 50.2 Å². The first-order chi connectivity index (χ1) is 16.2. The Balaban J connectivity index is 1.68. The number of amides is 3. The fraction of sp³-hybridized carbons (Fsp3) is 0.318. The third-order valence-electron chi connectivity index (χ3n) is 5.02. The van der Waals surface area contributed by atoms with Crippen molar-refractivity contribution < 1.29 is 33.4 Å². The normalized spacial score (nSPS) is 12.5. The maximum absolute atomic E-state index is 12.4. The number of thiophene rings is 1. The van der Waals surface area contributed by atoms with Gasteiger partial charge < -0.3 is 25.3 Å². The fourth-order valence-corrected chi connectivity index (χ4v) is 4.65. The highest BCUT2D eigenvalue weighted by molar-refractivity contribution is 7.17. The van der Waals surface area contributed by atoms with Crippen LogP contribution >= 0.6 is 11.3 Å². The molecule has 34 heavy (non-hydrogen) atoms. The van der Waals surface area contributed by atoms with Crippen LogP contribution in [0.1, 0.15) is 39.7 Å². The van der Waals surface area contributed by atoms with Crippen LogP contribution in [0, 0.1) is 0 Å². The molecule has 0 saturated carbocycles. The molecule has 1 aromatic carbocycles. The van der Waals surface area contributed by atoms with Gasteiger partial charge in [-0.1, -0.05) is 0 Å². The van der Waals surface area contributed by atoms with Gasteiger partial charge in [0.1, 0.15) is 5.00 Å². The van der Waals surface area contributed by atoms with Gasteiger partial charge in [-0.15, -0.1) is 11.3 Å². The number of hydrogen-bond acceptors (Lipinski definition) is 9. The highest BCUT2D eigenvalue weighted by atomic mass is 32.1. The van der Waals surface area contributed by atoms with Crippen molar-refractivity contribution in [3.05, 3.63) is 39.8 Å². The average Bonchev–Trinajstić information content (AvgIpc) is 3.41. The molecule has 0 bridgehead atoms. The molecule has 1 heterocycles. The molecule has 0 spiro atoms. The summed E-state index contributed by atoms with van der Waals surface area (Å²) in [7, 11) is 2.69. The number of nitrogens with one attached hydrogen (secondary N) is 2. The summed E-state index contributed by atoms with van der Waals surface area (Å²) in [6, 6.07) is 4.80. The number of carbonyl (C=O) groups is 4. The summed E-state index contributed by atoms with van der Waals surface area (Å²) in [6.45, 7) is 1.31.